The van der Waals surface area contributed by atoms with Gasteiger partial charge in [0.1, 0.15) is 5.52 Å². The highest BCUT2D eigenvalue weighted by molar-refractivity contribution is 6.30. The van der Waals surface area contributed by atoms with Crippen molar-refractivity contribution in [1.29, 1.82) is 0 Å². The zero-order valence-electron chi connectivity index (χ0n) is 19.1. The summed E-state index contributed by atoms with van der Waals surface area (Å²) in [5, 5.41) is 15.7. The van der Waals surface area contributed by atoms with Gasteiger partial charge in [0, 0.05) is 29.6 Å². The Hall–Kier alpha value is -2.57. The second-order valence-electron chi connectivity index (χ2n) is 10.0. The van der Waals surface area contributed by atoms with Gasteiger partial charge in [-0.15, -0.1) is 0 Å². The predicted molar refractivity (Wildman–Crippen MR) is 129 cm³/mol. The molecule has 5 rings (SSSR count). The Morgan fingerprint density at radius 3 is 2.67 bits per heavy atom. The number of piperidine rings is 1. The molecule has 3 atom stereocenters. The van der Waals surface area contributed by atoms with Gasteiger partial charge < -0.3 is 19.7 Å². The molecule has 1 saturated heterocycles. The quantitative estimate of drug-likeness (QED) is 0.550. The fraction of sp³-hybridized carbons (Fsp3) is 0.462. The van der Waals surface area contributed by atoms with Gasteiger partial charge in [-0.3, -0.25) is 4.79 Å². The number of hydrogen-bond donors (Lipinski definition) is 2. The number of para-hydroxylation sites is 2. The van der Waals surface area contributed by atoms with E-state index in [4.69, 9.17) is 16.0 Å². The Kier molecular flexibility index (Phi) is 5.61. The lowest BCUT2D eigenvalue weighted by molar-refractivity contribution is -0.156. The summed E-state index contributed by atoms with van der Waals surface area (Å²) in [5.74, 6) is 0.0184. The lowest BCUT2D eigenvalue weighted by atomic mass is 9.66. The minimum Gasteiger partial charge on any atom is -0.424 e. The number of nitrogens with one attached hydrogen (secondary N) is 1. The molecule has 2 fully saturated rings. The molecular weight excluding hydrogens is 438 g/mol. The molecule has 6 nitrogen and oxygen atoms in total. The summed E-state index contributed by atoms with van der Waals surface area (Å²) in [6, 6.07) is 15.5. The number of likely N-dealkylation sites (tertiary alicyclic amines) is 1. The summed E-state index contributed by atoms with van der Waals surface area (Å²) in [4.78, 5) is 20.0. The van der Waals surface area contributed by atoms with Crippen molar-refractivity contribution < 1.29 is 14.3 Å². The van der Waals surface area contributed by atoms with Crippen LogP contribution in [0.4, 0.5) is 6.01 Å². The third-order valence-electron chi connectivity index (χ3n) is 7.52. The maximum absolute atomic E-state index is 13.6. The first-order chi connectivity index (χ1) is 15.8. The number of carbonyl (C=O) groups excluding carboxylic acids is 1. The fourth-order valence-corrected chi connectivity index (χ4v) is 5.65. The van der Waals surface area contributed by atoms with Crippen molar-refractivity contribution in [3.05, 3.63) is 59.1 Å². The standard InChI is InChI=1S/C26H30ClN3O3/c1-25(2)16-30(15-14-26(25,32)17-10-12-18(27)13-11-17)23(31)19-6-5-8-20(19)28-24-29-21-7-3-4-9-22(21)33-24/h3-4,7,9-13,19-20,32H,5-6,8,14-16H2,1-2H3,(H,28,29)/t19-,20+,26-/m0/s1. The van der Waals surface area contributed by atoms with Crippen LogP contribution in [0.1, 0.15) is 45.1 Å². The summed E-state index contributed by atoms with van der Waals surface area (Å²) >= 11 is 6.05. The molecular formula is C26H30ClN3O3. The first kappa shape index (κ1) is 22.2. The number of nitrogens with zero attached hydrogens (tertiary/aromatic N) is 2. The van der Waals surface area contributed by atoms with Gasteiger partial charge in [0.15, 0.2) is 5.58 Å². The molecule has 1 aliphatic carbocycles. The molecule has 1 saturated carbocycles. The SMILES string of the molecule is CC1(C)CN(C(=O)[C@H]2CCC[C@H]2Nc2nc3ccccc3o2)CC[C@]1(O)c1ccc(Cl)cc1. The van der Waals surface area contributed by atoms with Crippen LogP contribution in [-0.4, -0.2) is 40.0 Å². The number of aromatic nitrogens is 1. The predicted octanol–water partition coefficient (Wildman–Crippen LogP) is 5.21. The van der Waals surface area contributed by atoms with Crippen LogP contribution < -0.4 is 5.32 Å². The molecule has 3 aromatic rings. The Labute approximate surface area is 198 Å². The first-order valence-electron chi connectivity index (χ1n) is 11.7. The van der Waals surface area contributed by atoms with Gasteiger partial charge in [-0.1, -0.05) is 56.1 Å². The number of halogens is 1. The van der Waals surface area contributed by atoms with Crippen LogP contribution in [0, 0.1) is 11.3 Å². The zero-order valence-corrected chi connectivity index (χ0v) is 19.8. The van der Waals surface area contributed by atoms with E-state index in [2.05, 4.69) is 10.3 Å². The van der Waals surface area contributed by atoms with Gasteiger partial charge in [0.25, 0.3) is 6.01 Å². The van der Waals surface area contributed by atoms with E-state index in [9.17, 15) is 9.90 Å². The lowest BCUT2D eigenvalue weighted by Gasteiger charge is -2.51. The summed E-state index contributed by atoms with van der Waals surface area (Å²) in [6.45, 7) is 5.08. The molecule has 0 bridgehead atoms. The zero-order chi connectivity index (χ0) is 23.2. The number of anilines is 1. The first-order valence-corrected chi connectivity index (χ1v) is 12.0. The van der Waals surface area contributed by atoms with Crippen LogP contribution >= 0.6 is 11.6 Å². The van der Waals surface area contributed by atoms with Crippen LogP contribution in [0.25, 0.3) is 11.1 Å². The van der Waals surface area contributed by atoms with Crippen molar-refractivity contribution in [2.75, 3.05) is 18.4 Å². The molecule has 0 unspecified atom stereocenters. The Morgan fingerprint density at radius 1 is 1.18 bits per heavy atom. The summed E-state index contributed by atoms with van der Waals surface area (Å²) in [5.41, 5.74) is 0.872. The summed E-state index contributed by atoms with van der Waals surface area (Å²) < 4.78 is 5.83. The number of aliphatic hydroxyl groups is 1. The van der Waals surface area contributed by atoms with Gasteiger partial charge in [-0.25, -0.2) is 0 Å². The fourth-order valence-electron chi connectivity index (χ4n) is 5.53. The maximum atomic E-state index is 13.6. The van der Waals surface area contributed by atoms with Gasteiger partial charge in [0.2, 0.25) is 5.91 Å². The largest absolute Gasteiger partial charge is 0.424 e. The molecule has 1 aromatic heterocycles. The third-order valence-corrected chi connectivity index (χ3v) is 7.77. The molecule has 174 valence electrons. The minimum atomic E-state index is -1.01. The Morgan fingerprint density at radius 2 is 1.94 bits per heavy atom. The van der Waals surface area contributed by atoms with Crippen LogP contribution in [0.5, 0.6) is 0 Å². The van der Waals surface area contributed by atoms with Crippen molar-refractivity contribution >= 4 is 34.6 Å². The Bertz CT molecular complexity index is 1130. The molecule has 2 aliphatic rings. The number of rotatable bonds is 4. The molecule has 7 heteroatoms. The van der Waals surface area contributed by atoms with Gasteiger partial charge >= 0.3 is 0 Å². The Balaban J connectivity index is 1.30. The number of oxazole rings is 1. The van der Waals surface area contributed by atoms with E-state index in [1.165, 1.54) is 0 Å². The van der Waals surface area contributed by atoms with Crippen LogP contribution in [0.3, 0.4) is 0 Å². The summed E-state index contributed by atoms with van der Waals surface area (Å²) in [6.07, 6.45) is 3.22. The normalized spacial score (nSPS) is 27.1. The van der Waals surface area contributed by atoms with Crippen molar-refractivity contribution in [2.45, 2.75) is 51.2 Å². The van der Waals surface area contributed by atoms with Crippen LogP contribution in [-0.2, 0) is 10.4 Å². The number of amides is 1. The average molecular weight is 468 g/mol. The van der Waals surface area contributed by atoms with Gasteiger partial charge in [-0.05, 0) is 49.1 Å². The summed E-state index contributed by atoms with van der Waals surface area (Å²) in [7, 11) is 0. The number of benzene rings is 2. The van der Waals surface area contributed by atoms with E-state index in [1.54, 1.807) is 0 Å². The van der Waals surface area contributed by atoms with Crippen molar-refractivity contribution in [1.82, 2.24) is 9.88 Å². The molecule has 1 aliphatic heterocycles. The van der Waals surface area contributed by atoms with E-state index >= 15 is 0 Å². The van der Waals surface area contributed by atoms with Crippen molar-refractivity contribution in [3.63, 3.8) is 0 Å². The highest BCUT2D eigenvalue weighted by Crippen LogP contribution is 2.47. The molecule has 0 spiro atoms. The van der Waals surface area contributed by atoms with Crippen molar-refractivity contribution in [3.8, 4) is 0 Å². The molecule has 1 amide bonds. The molecule has 2 aromatic carbocycles. The second kappa shape index (κ2) is 8.33. The van der Waals surface area contributed by atoms with E-state index in [0.717, 1.165) is 35.9 Å². The average Bonchev–Trinajstić information content (AvgIpc) is 3.42. The van der Waals surface area contributed by atoms with Crippen LogP contribution in [0.2, 0.25) is 5.02 Å². The van der Waals surface area contributed by atoms with Crippen LogP contribution in [0.15, 0.2) is 52.9 Å². The molecule has 2 N–H and O–H groups in total. The van der Waals surface area contributed by atoms with Gasteiger partial charge in [-0.2, -0.15) is 4.98 Å². The highest BCUT2D eigenvalue weighted by atomic mass is 35.5. The topological polar surface area (TPSA) is 78.6 Å². The number of fused-ring (bicyclic) bond motifs is 1. The van der Waals surface area contributed by atoms with E-state index < -0.39 is 11.0 Å². The number of hydrogen-bond acceptors (Lipinski definition) is 5. The second-order valence-corrected chi connectivity index (χ2v) is 10.5. The monoisotopic (exact) mass is 467 g/mol. The van der Waals surface area contributed by atoms with E-state index in [0.29, 0.717) is 30.5 Å². The third kappa shape index (κ3) is 4.00. The number of carbonyl (C=O) groups is 1. The van der Waals surface area contributed by atoms with Crippen molar-refractivity contribution in [2.24, 2.45) is 11.3 Å². The molecule has 33 heavy (non-hydrogen) atoms. The smallest absolute Gasteiger partial charge is 0.295 e. The maximum Gasteiger partial charge on any atom is 0.295 e. The molecule has 0 radical (unpaired) electrons. The van der Waals surface area contributed by atoms with E-state index in [-0.39, 0.29) is 17.9 Å². The minimum absolute atomic E-state index is 0.00856. The van der Waals surface area contributed by atoms with Gasteiger partial charge in [0.05, 0.1) is 11.5 Å². The molecule has 2 heterocycles. The highest BCUT2D eigenvalue weighted by Gasteiger charge is 2.50. The van der Waals surface area contributed by atoms with E-state index in [1.807, 2.05) is 67.3 Å². The lowest BCUT2D eigenvalue weighted by Crippen LogP contribution is -2.58.